The summed E-state index contributed by atoms with van der Waals surface area (Å²) in [7, 11) is 1.52. The van der Waals surface area contributed by atoms with E-state index in [4.69, 9.17) is 9.84 Å². The van der Waals surface area contributed by atoms with Crippen LogP contribution in [0.3, 0.4) is 0 Å². The largest absolute Gasteiger partial charge is 0.497 e. The summed E-state index contributed by atoms with van der Waals surface area (Å²) in [6.45, 7) is 6.18. The van der Waals surface area contributed by atoms with E-state index in [-0.39, 0.29) is 31.3 Å². The lowest BCUT2D eigenvalue weighted by Gasteiger charge is -2.38. The molecule has 1 rings (SSSR count). The van der Waals surface area contributed by atoms with Crippen LogP contribution in [0, 0.1) is 5.92 Å². The zero-order valence-corrected chi connectivity index (χ0v) is 19.5. The first-order chi connectivity index (χ1) is 15.6. The van der Waals surface area contributed by atoms with Crippen LogP contribution in [0.25, 0.3) is 0 Å². The maximum atomic E-state index is 13.3. The predicted molar refractivity (Wildman–Crippen MR) is 120 cm³/mol. The monoisotopic (exact) mass is 466 g/mol. The van der Waals surface area contributed by atoms with Crippen molar-refractivity contribution in [1.82, 2.24) is 20.9 Å². The van der Waals surface area contributed by atoms with Gasteiger partial charge in [0.1, 0.15) is 24.1 Å². The van der Waals surface area contributed by atoms with Crippen molar-refractivity contribution in [2.75, 3.05) is 26.7 Å². The highest BCUT2D eigenvalue weighted by atomic mass is 16.5. The van der Waals surface area contributed by atoms with Crippen molar-refractivity contribution in [2.45, 2.75) is 51.7 Å². The van der Waals surface area contributed by atoms with Crippen molar-refractivity contribution < 1.29 is 33.8 Å². The molecule has 0 saturated carbocycles. The molecule has 0 aromatic heterocycles. The molecule has 0 aromatic carbocycles. The summed E-state index contributed by atoms with van der Waals surface area (Å²) in [6, 6.07) is -3.00. The quantitative estimate of drug-likeness (QED) is 0.172. The van der Waals surface area contributed by atoms with Crippen LogP contribution in [0.2, 0.25) is 0 Å². The maximum absolute atomic E-state index is 13.3. The van der Waals surface area contributed by atoms with Gasteiger partial charge in [-0.15, -0.1) is 0 Å². The first-order valence-electron chi connectivity index (χ1n) is 10.8. The summed E-state index contributed by atoms with van der Waals surface area (Å²) in [5.41, 5.74) is 0. The van der Waals surface area contributed by atoms with E-state index in [1.807, 2.05) is 0 Å². The van der Waals surface area contributed by atoms with Gasteiger partial charge in [-0.2, -0.15) is 0 Å². The molecule has 1 saturated heterocycles. The second-order valence-electron chi connectivity index (χ2n) is 7.89. The van der Waals surface area contributed by atoms with E-state index >= 15 is 0 Å². The van der Waals surface area contributed by atoms with E-state index in [1.165, 1.54) is 12.0 Å². The molecule has 1 aliphatic heterocycles. The van der Waals surface area contributed by atoms with Crippen molar-refractivity contribution in [2.24, 2.45) is 5.92 Å². The molecule has 1 fully saturated rings. The minimum atomic E-state index is -1.23. The van der Waals surface area contributed by atoms with Crippen LogP contribution in [0.1, 0.15) is 33.6 Å². The number of amides is 3. The highest BCUT2D eigenvalue weighted by Gasteiger charge is 2.37. The lowest BCUT2D eigenvalue weighted by Crippen LogP contribution is -2.64. The fourth-order valence-electron chi connectivity index (χ4n) is 3.29. The summed E-state index contributed by atoms with van der Waals surface area (Å²) in [5.74, 6) is -2.29. The Morgan fingerprint density at radius 1 is 1.24 bits per heavy atom. The molecule has 1 heterocycles. The Morgan fingerprint density at radius 3 is 2.48 bits per heavy atom. The van der Waals surface area contributed by atoms with Crippen LogP contribution in [0.15, 0.2) is 24.0 Å². The van der Waals surface area contributed by atoms with Crippen LogP contribution in [0.5, 0.6) is 0 Å². The number of nitrogens with one attached hydrogen (secondary N) is 3. The number of carbonyl (C=O) groups is 5. The molecule has 0 unspecified atom stereocenters. The Kier molecular flexibility index (Phi) is 11.8. The first kappa shape index (κ1) is 27.8. The third kappa shape index (κ3) is 9.05. The Morgan fingerprint density at radius 2 is 1.94 bits per heavy atom. The SMILES string of the molecule is C/C=C(\C=C/CC(=O)N[C@H](C(=O)N1CCNC[C@H]1C(=O)N[C@H](C=O)CC(=O)O)C(C)C)OC. The molecule has 11 nitrogen and oxygen atoms in total. The van der Waals surface area contributed by atoms with E-state index in [0.29, 0.717) is 18.6 Å². The molecule has 1 aliphatic rings. The van der Waals surface area contributed by atoms with Gasteiger partial charge in [0, 0.05) is 26.1 Å². The summed E-state index contributed by atoms with van der Waals surface area (Å²) in [6.07, 6.45) is 4.86. The molecule has 0 spiro atoms. The second kappa shape index (κ2) is 14.0. The molecule has 33 heavy (non-hydrogen) atoms. The summed E-state index contributed by atoms with van der Waals surface area (Å²) in [4.78, 5) is 61.8. The minimum Gasteiger partial charge on any atom is -0.497 e. The van der Waals surface area contributed by atoms with E-state index < -0.39 is 42.3 Å². The van der Waals surface area contributed by atoms with Crippen molar-refractivity contribution in [3.63, 3.8) is 0 Å². The number of hydrogen-bond donors (Lipinski definition) is 4. The van der Waals surface area contributed by atoms with E-state index in [0.717, 1.165) is 0 Å². The van der Waals surface area contributed by atoms with Crippen LogP contribution in [-0.2, 0) is 28.7 Å². The molecule has 0 radical (unpaired) electrons. The maximum Gasteiger partial charge on any atom is 0.305 e. The van der Waals surface area contributed by atoms with Gasteiger partial charge in [0.2, 0.25) is 17.7 Å². The van der Waals surface area contributed by atoms with Gasteiger partial charge >= 0.3 is 5.97 Å². The molecule has 11 heteroatoms. The number of allylic oxidation sites excluding steroid dienone is 2. The Balaban J connectivity index is 2.90. The fraction of sp³-hybridized carbons (Fsp3) is 0.591. The Labute approximate surface area is 193 Å². The van der Waals surface area contributed by atoms with Crippen LogP contribution in [0.4, 0.5) is 0 Å². The predicted octanol–water partition coefficient (Wildman–Crippen LogP) is -0.417. The lowest BCUT2D eigenvalue weighted by atomic mass is 10.0. The average Bonchev–Trinajstić information content (AvgIpc) is 2.78. The van der Waals surface area contributed by atoms with Gasteiger partial charge in [-0.3, -0.25) is 19.2 Å². The summed E-state index contributed by atoms with van der Waals surface area (Å²) in [5, 5.41) is 17.0. The zero-order valence-electron chi connectivity index (χ0n) is 19.5. The molecule has 0 bridgehead atoms. The van der Waals surface area contributed by atoms with Crippen LogP contribution < -0.4 is 16.0 Å². The van der Waals surface area contributed by atoms with Gasteiger partial charge in [-0.05, 0) is 25.0 Å². The van der Waals surface area contributed by atoms with Gasteiger partial charge in [-0.25, -0.2) is 0 Å². The van der Waals surface area contributed by atoms with Gasteiger partial charge in [0.05, 0.1) is 19.6 Å². The molecule has 0 aromatic rings. The normalized spacial score (nSPS) is 18.5. The molecule has 4 N–H and O–H groups in total. The molecular weight excluding hydrogens is 432 g/mol. The number of carboxylic acid groups (broad SMARTS) is 1. The number of aldehydes is 1. The smallest absolute Gasteiger partial charge is 0.305 e. The number of ether oxygens (including phenoxy) is 1. The van der Waals surface area contributed by atoms with Gasteiger partial charge in [-0.1, -0.05) is 19.9 Å². The van der Waals surface area contributed by atoms with E-state index in [2.05, 4.69) is 16.0 Å². The number of piperazine rings is 1. The van der Waals surface area contributed by atoms with Crippen molar-refractivity contribution in [3.05, 3.63) is 24.0 Å². The van der Waals surface area contributed by atoms with Crippen LogP contribution >= 0.6 is 0 Å². The van der Waals surface area contributed by atoms with Gasteiger partial charge in [0.25, 0.3) is 0 Å². The highest BCUT2D eigenvalue weighted by molar-refractivity contribution is 5.93. The molecule has 184 valence electrons. The number of carboxylic acids is 1. The average molecular weight is 467 g/mol. The standard InChI is InChI=1S/C22H34N4O7/c1-5-16(33-4)7-6-8-18(28)25-20(14(2)3)22(32)26-10-9-23-12-17(26)21(31)24-15(13-27)11-19(29)30/h5-7,13-15,17,20,23H,8-12H2,1-4H3,(H,24,31)(H,25,28)(H,29,30)/b7-6-,16-5+/t15-,17-,20-/m0/s1. The number of rotatable bonds is 12. The molecule has 3 amide bonds. The van der Waals surface area contributed by atoms with Crippen molar-refractivity contribution in [3.8, 4) is 0 Å². The summed E-state index contributed by atoms with van der Waals surface area (Å²) >= 11 is 0. The number of hydrogen-bond acceptors (Lipinski definition) is 7. The fourth-order valence-corrected chi connectivity index (χ4v) is 3.29. The molecule has 3 atom stereocenters. The molecule has 0 aliphatic carbocycles. The van der Waals surface area contributed by atoms with Gasteiger partial charge in [0.15, 0.2) is 0 Å². The number of aliphatic carboxylic acids is 1. The Hall–Kier alpha value is -3.21. The number of nitrogens with zero attached hydrogens (tertiary/aromatic N) is 1. The second-order valence-corrected chi connectivity index (χ2v) is 7.89. The zero-order chi connectivity index (χ0) is 25.0. The lowest BCUT2D eigenvalue weighted by molar-refractivity contribution is -0.146. The molecular formula is C22H34N4O7. The minimum absolute atomic E-state index is 0.0405. The van der Waals surface area contributed by atoms with E-state index in [1.54, 1.807) is 39.0 Å². The highest BCUT2D eigenvalue weighted by Crippen LogP contribution is 2.13. The number of methoxy groups -OCH3 is 1. The van der Waals surface area contributed by atoms with Crippen molar-refractivity contribution >= 4 is 30.0 Å². The first-order valence-corrected chi connectivity index (χ1v) is 10.8. The Bertz CT molecular complexity index is 779. The summed E-state index contributed by atoms with van der Waals surface area (Å²) < 4.78 is 5.09. The van der Waals surface area contributed by atoms with Gasteiger partial charge < -0.3 is 35.5 Å². The topological polar surface area (TPSA) is 154 Å². The van der Waals surface area contributed by atoms with E-state index in [9.17, 15) is 24.0 Å². The third-order valence-corrected chi connectivity index (χ3v) is 5.07. The number of carbonyl (C=O) groups excluding carboxylic acids is 4. The van der Waals surface area contributed by atoms with Crippen molar-refractivity contribution in [1.29, 1.82) is 0 Å². The third-order valence-electron chi connectivity index (χ3n) is 5.07. The van der Waals surface area contributed by atoms with Crippen LogP contribution in [-0.4, -0.2) is 84.9 Å².